The second kappa shape index (κ2) is 10.6. The van der Waals surface area contributed by atoms with Crippen molar-refractivity contribution in [2.45, 2.75) is 43.9 Å². The van der Waals surface area contributed by atoms with Crippen molar-refractivity contribution in [3.8, 4) is 11.5 Å². The third-order valence-electron chi connectivity index (χ3n) is 4.07. The zero-order valence-corrected chi connectivity index (χ0v) is 16.8. The van der Waals surface area contributed by atoms with E-state index in [4.69, 9.17) is 9.47 Å². The van der Waals surface area contributed by atoms with Crippen LogP contribution in [0, 0.1) is 6.92 Å². The monoisotopic (exact) mass is 414 g/mol. The van der Waals surface area contributed by atoms with Gasteiger partial charge in [-0.2, -0.15) is 13.2 Å². The molecule has 0 aliphatic rings. The molecule has 0 saturated heterocycles. The summed E-state index contributed by atoms with van der Waals surface area (Å²) in [4.78, 5) is 1.01. The van der Waals surface area contributed by atoms with Crippen LogP contribution in [0.25, 0.3) is 0 Å². The fraction of sp³-hybridized carbons (Fsp3) is 0.429. The highest BCUT2D eigenvalue weighted by molar-refractivity contribution is 7.99. The van der Waals surface area contributed by atoms with E-state index in [2.05, 4.69) is 6.92 Å². The van der Waals surface area contributed by atoms with Crippen molar-refractivity contribution in [1.29, 1.82) is 0 Å². The van der Waals surface area contributed by atoms with Crippen molar-refractivity contribution in [2.75, 3.05) is 19.0 Å². The molecule has 2 aromatic rings. The quantitative estimate of drug-likeness (QED) is 0.378. The maximum Gasteiger partial charge on any atom is 0.416 e. The standard InChI is InChI=1S/C21H25F3O3S/c1-3-4-11-26-18(14-28-19-9-10-20(25)15(2)12-19)13-27-17-7-5-16(6-8-17)21(22,23)24/h5-10,12,18,25H,3-4,11,13-14H2,1-2H3. The Morgan fingerprint density at radius 3 is 2.43 bits per heavy atom. The third-order valence-corrected chi connectivity index (χ3v) is 5.20. The summed E-state index contributed by atoms with van der Waals surface area (Å²) in [5.41, 5.74) is 0.100. The van der Waals surface area contributed by atoms with Gasteiger partial charge in [-0.3, -0.25) is 0 Å². The lowest BCUT2D eigenvalue weighted by molar-refractivity contribution is -0.137. The minimum absolute atomic E-state index is 0.201. The summed E-state index contributed by atoms with van der Waals surface area (Å²) in [6.07, 6.45) is -2.62. The van der Waals surface area contributed by atoms with Gasteiger partial charge in [0.25, 0.3) is 0 Å². The Labute approximate surface area is 167 Å². The van der Waals surface area contributed by atoms with Crippen LogP contribution in [-0.2, 0) is 10.9 Å². The summed E-state index contributed by atoms with van der Waals surface area (Å²) in [5, 5.41) is 9.62. The number of thioether (sulfide) groups is 1. The Hall–Kier alpha value is -1.86. The van der Waals surface area contributed by atoms with Gasteiger partial charge in [-0.05, 0) is 61.4 Å². The molecule has 0 fully saturated rings. The molecule has 1 atom stereocenters. The maximum absolute atomic E-state index is 12.6. The van der Waals surface area contributed by atoms with Crippen molar-refractivity contribution >= 4 is 11.8 Å². The van der Waals surface area contributed by atoms with Crippen molar-refractivity contribution in [1.82, 2.24) is 0 Å². The number of aryl methyl sites for hydroxylation is 1. The van der Waals surface area contributed by atoms with Gasteiger partial charge in [0.1, 0.15) is 24.2 Å². The molecule has 0 amide bonds. The molecule has 0 spiro atoms. The predicted molar refractivity (Wildman–Crippen MR) is 105 cm³/mol. The molecule has 28 heavy (non-hydrogen) atoms. The van der Waals surface area contributed by atoms with Gasteiger partial charge in [-0.25, -0.2) is 0 Å². The van der Waals surface area contributed by atoms with Gasteiger partial charge >= 0.3 is 6.18 Å². The van der Waals surface area contributed by atoms with Gasteiger partial charge < -0.3 is 14.6 Å². The number of benzene rings is 2. The number of halogens is 3. The van der Waals surface area contributed by atoms with E-state index in [-0.39, 0.29) is 18.5 Å². The molecule has 0 aliphatic heterocycles. The molecule has 0 bridgehead atoms. The summed E-state index contributed by atoms with van der Waals surface area (Å²) in [5.74, 6) is 1.27. The second-order valence-corrected chi connectivity index (χ2v) is 7.53. The number of alkyl halides is 3. The fourth-order valence-electron chi connectivity index (χ4n) is 2.37. The fourth-order valence-corrected chi connectivity index (χ4v) is 3.37. The first-order chi connectivity index (χ1) is 13.3. The van der Waals surface area contributed by atoms with Gasteiger partial charge in [-0.1, -0.05) is 13.3 Å². The molecule has 3 nitrogen and oxygen atoms in total. The molecular weight excluding hydrogens is 389 g/mol. The minimum Gasteiger partial charge on any atom is -0.508 e. The molecule has 0 aromatic heterocycles. The van der Waals surface area contributed by atoms with Crippen molar-refractivity contribution in [3.05, 3.63) is 53.6 Å². The first-order valence-corrected chi connectivity index (χ1v) is 10.1. The SMILES string of the molecule is CCCCOC(COc1ccc(C(F)(F)F)cc1)CSc1ccc(O)c(C)c1. The molecule has 7 heteroatoms. The number of rotatable bonds is 10. The number of unbranched alkanes of at least 4 members (excludes halogenated alkanes) is 1. The first kappa shape index (κ1) is 22.4. The van der Waals surface area contributed by atoms with Gasteiger partial charge in [0, 0.05) is 17.3 Å². The summed E-state index contributed by atoms with van der Waals surface area (Å²) < 4.78 is 49.5. The summed E-state index contributed by atoms with van der Waals surface area (Å²) in [6.45, 7) is 4.76. The lowest BCUT2D eigenvalue weighted by Crippen LogP contribution is -2.25. The summed E-state index contributed by atoms with van der Waals surface area (Å²) in [6, 6.07) is 10.1. The molecule has 0 heterocycles. The smallest absolute Gasteiger partial charge is 0.416 e. The van der Waals surface area contributed by atoms with Crippen LogP contribution in [0.4, 0.5) is 13.2 Å². The Bertz CT molecular complexity index is 733. The van der Waals surface area contributed by atoms with E-state index in [9.17, 15) is 18.3 Å². The molecule has 0 radical (unpaired) electrons. The van der Waals surface area contributed by atoms with Crippen LogP contribution in [-0.4, -0.2) is 30.2 Å². The van der Waals surface area contributed by atoms with Crippen molar-refractivity contribution in [2.24, 2.45) is 0 Å². The topological polar surface area (TPSA) is 38.7 Å². The Kier molecular flexibility index (Phi) is 8.51. The number of hydrogen-bond acceptors (Lipinski definition) is 4. The van der Waals surface area contributed by atoms with E-state index in [0.29, 0.717) is 18.1 Å². The molecule has 2 rings (SSSR count). The number of phenolic OH excluding ortho intramolecular Hbond substituents is 1. The van der Waals surface area contributed by atoms with E-state index in [0.717, 1.165) is 35.4 Å². The molecule has 0 aliphatic carbocycles. The zero-order valence-electron chi connectivity index (χ0n) is 16.0. The average Bonchev–Trinajstić information content (AvgIpc) is 2.66. The molecule has 1 N–H and O–H groups in total. The molecule has 1 unspecified atom stereocenters. The molecule has 154 valence electrons. The molecular formula is C21H25F3O3S. The van der Waals surface area contributed by atoms with Crippen LogP contribution in [0.1, 0.15) is 30.9 Å². The van der Waals surface area contributed by atoms with Gasteiger partial charge in [0.05, 0.1) is 5.56 Å². The molecule has 0 saturated carbocycles. The number of phenols is 1. The van der Waals surface area contributed by atoms with Crippen LogP contribution >= 0.6 is 11.8 Å². The Morgan fingerprint density at radius 2 is 1.82 bits per heavy atom. The van der Waals surface area contributed by atoms with E-state index >= 15 is 0 Å². The van der Waals surface area contributed by atoms with Crippen LogP contribution in [0.15, 0.2) is 47.4 Å². The highest BCUT2D eigenvalue weighted by atomic mass is 32.2. The van der Waals surface area contributed by atoms with Gasteiger partial charge in [0.2, 0.25) is 0 Å². The van der Waals surface area contributed by atoms with Crippen LogP contribution in [0.3, 0.4) is 0 Å². The summed E-state index contributed by atoms with van der Waals surface area (Å²) in [7, 11) is 0. The van der Waals surface area contributed by atoms with E-state index in [1.165, 1.54) is 12.1 Å². The third kappa shape index (κ3) is 7.28. The molecule has 2 aromatic carbocycles. The number of ether oxygens (including phenoxy) is 2. The zero-order chi connectivity index (χ0) is 20.6. The van der Waals surface area contributed by atoms with Crippen LogP contribution in [0.5, 0.6) is 11.5 Å². The minimum atomic E-state index is -4.36. The second-order valence-electron chi connectivity index (χ2n) is 6.44. The predicted octanol–water partition coefficient (Wildman–Crippen LogP) is 6.08. The Morgan fingerprint density at radius 1 is 1.11 bits per heavy atom. The normalized spacial score (nSPS) is 12.8. The van der Waals surface area contributed by atoms with E-state index < -0.39 is 11.7 Å². The highest BCUT2D eigenvalue weighted by Gasteiger charge is 2.30. The lowest BCUT2D eigenvalue weighted by atomic mass is 10.2. The average molecular weight is 414 g/mol. The summed E-state index contributed by atoms with van der Waals surface area (Å²) >= 11 is 1.59. The van der Waals surface area contributed by atoms with Gasteiger partial charge in [-0.15, -0.1) is 11.8 Å². The largest absolute Gasteiger partial charge is 0.508 e. The van der Waals surface area contributed by atoms with Crippen LogP contribution in [0.2, 0.25) is 0 Å². The highest BCUT2D eigenvalue weighted by Crippen LogP contribution is 2.30. The maximum atomic E-state index is 12.6. The van der Waals surface area contributed by atoms with E-state index in [1.807, 2.05) is 19.1 Å². The van der Waals surface area contributed by atoms with Crippen LogP contribution < -0.4 is 4.74 Å². The lowest BCUT2D eigenvalue weighted by Gasteiger charge is -2.19. The Balaban J connectivity index is 1.93. The number of aromatic hydroxyl groups is 1. The number of hydrogen-bond donors (Lipinski definition) is 1. The van der Waals surface area contributed by atoms with E-state index in [1.54, 1.807) is 17.8 Å². The van der Waals surface area contributed by atoms with Crippen molar-refractivity contribution < 1.29 is 27.8 Å². The van der Waals surface area contributed by atoms with Gasteiger partial charge in [0.15, 0.2) is 0 Å². The van der Waals surface area contributed by atoms with Crippen molar-refractivity contribution in [3.63, 3.8) is 0 Å². The first-order valence-electron chi connectivity index (χ1n) is 9.13.